The van der Waals surface area contributed by atoms with Crippen molar-refractivity contribution < 1.29 is 0 Å². The van der Waals surface area contributed by atoms with Gasteiger partial charge in [0, 0.05) is 16.7 Å². The predicted octanol–water partition coefficient (Wildman–Crippen LogP) is 4.30. The number of nitrogens with two attached hydrogens (primary N) is 1. The number of halogens is 2. The van der Waals surface area contributed by atoms with E-state index in [9.17, 15) is 0 Å². The lowest BCUT2D eigenvalue weighted by atomic mass is 10.2. The molecule has 0 unspecified atom stereocenters. The van der Waals surface area contributed by atoms with Crippen LogP contribution < -0.4 is 11.1 Å². The molecular formula is C13H12BrClN2. The van der Waals surface area contributed by atoms with E-state index in [1.807, 2.05) is 42.5 Å². The summed E-state index contributed by atoms with van der Waals surface area (Å²) in [4.78, 5) is 0. The molecule has 0 spiro atoms. The van der Waals surface area contributed by atoms with E-state index >= 15 is 0 Å². The number of rotatable bonds is 3. The number of nitrogens with one attached hydrogen (secondary N) is 1. The van der Waals surface area contributed by atoms with Gasteiger partial charge in [-0.1, -0.05) is 45.7 Å². The second kappa shape index (κ2) is 5.43. The van der Waals surface area contributed by atoms with Crippen molar-refractivity contribution in [1.29, 1.82) is 0 Å². The van der Waals surface area contributed by atoms with Crippen molar-refractivity contribution in [2.45, 2.75) is 6.54 Å². The summed E-state index contributed by atoms with van der Waals surface area (Å²) in [6.07, 6.45) is 0. The molecule has 0 fully saturated rings. The highest BCUT2D eigenvalue weighted by Crippen LogP contribution is 2.26. The van der Waals surface area contributed by atoms with Crippen LogP contribution in [0.15, 0.2) is 46.9 Å². The minimum atomic E-state index is 0.661. The predicted molar refractivity (Wildman–Crippen MR) is 77.3 cm³/mol. The Morgan fingerprint density at radius 2 is 1.94 bits per heavy atom. The van der Waals surface area contributed by atoms with Crippen LogP contribution in [0.4, 0.5) is 11.4 Å². The maximum absolute atomic E-state index is 6.11. The van der Waals surface area contributed by atoms with E-state index in [0.717, 1.165) is 21.4 Å². The summed E-state index contributed by atoms with van der Waals surface area (Å²) in [5, 5.41) is 3.95. The minimum Gasteiger partial charge on any atom is -0.398 e. The van der Waals surface area contributed by atoms with Gasteiger partial charge in [0.2, 0.25) is 0 Å². The minimum absolute atomic E-state index is 0.661. The highest BCUT2D eigenvalue weighted by Gasteiger charge is 2.02. The molecule has 2 aromatic carbocycles. The molecule has 0 bridgehead atoms. The number of nitrogen functional groups attached to an aromatic ring is 1. The van der Waals surface area contributed by atoms with Gasteiger partial charge in [0.05, 0.1) is 10.7 Å². The zero-order valence-electron chi connectivity index (χ0n) is 9.08. The van der Waals surface area contributed by atoms with Gasteiger partial charge >= 0.3 is 0 Å². The van der Waals surface area contributed by atoms with Crippen molar-refractivity contribution in [2.75, 3.05) is 11.1 Å². The SMILES string of the molecule is Nc1ccccc1CNc1ccc(Br)cc1Cl. The fourth-order valence-corrected chi connectivity index (χ4v) is 2.26. The Morgan fingerprint density at radius 3 is 2.65 bits per heavy atom. The van der Waals surface area contributed by atoms with E-state index < -0.39 is 0 Å². The zero-order valence-corrected chi connectivity index (χ0v) is 11.4. The second-order valence-electron chi connectivity index (χ2n) is 3.68. The Morgan fingerprint density at radius 1 is 1.18 bits per heavy atom. The summed E-state index contributed by atoms with van der Waals surface area (Å²) >= 11 is 9.48. The summed E-state index contributed by atoms with van der Waals surface area (Å²) in [6.45, 7) is 0.661. The molecule has 88 valence electrons. The first kappa shape index (κ1) is 12.3. The Kier molecular flexibility index (Phi) is 3.92. The maximum Gasteiger partial charge on any atom is 0.0648 e. The summed E-state index contributed by atoms with van der Waals surface area (Å²) < 4.78 is 0.965. The maximum atomic E-state index is 6.11. The fraction of sp³-hybridized carbons (Fsp3) is 0.0769. The van der Waals surface area contributed by atoms with Crippen LogP contribution in [0.5, 0.6) is 0 Å². The third-order valence-corrected chi connectivity index (χ3v) is 3.26. The van der Waals surface area contributed by atoms with Crippen molar-refractivity contribution in [3.05, 3.63) is 57.5 Å². The van der Waals surface area contributed by atoms with E-state index in [1.54, 1.807) is 0 Å². The first-order valence-electron chi connectivity index (χ1n) is 5.19. The van der Waals surface area contributed by atoms with Crippen molar-refractivity contribution in [3.8, 4) is 0 Å². The first-order chi connectivity index (χ1) is 8.16. The van der Waals surface area contributed by atoms with E-state index in [4.69, 9.17) is 17.3 Å². The molecule has 17 heavy (non-hydrogen) atoms. The number of para-hydroxylation sites is 1. The summed E-state index contributed by atoms with van der Waals surface area (Å²) in [5.74, 6) is 0. The molecule has 0 aliphatic carbocycles. The summed E-state index contributed by atoms with van der Waals surface area (Å²) in [6, 6.07) is 13.5. The number of hydrogen-bond donors (Lipinski definition) is 2. The van der Waals surface area contributed by atoms with E-state index in [0.29, 0.717) is 11.6 Å². The monoisotopic (exact) mass is 310 g/mol. The molecule has 0 atom stereocenters. The van der Waals surface area contributed by atoms with Gasteiger partial charge < -0.3 is 11.1 Å². The molecule has 3 N–H and O–H groups in total. The molecule has 0 aliphatic rings. The van der Waals surface area contributed by atoms with Gasteiger partial charge in [-0.05, 0) is 29.8 Å². The van der Waals surface area contributed by atoms with Crippen molar-refractivity contribution in [2.24, 2.45) is 0 Å². The number of benzene rings is 2. The molecular weight excluding hydrogens is 300 g/mol. The van der Waals surface area contributed by atoms with Crippen molar-refractivity contribution in [1.82, 2.24) is 0 Å². The van der Waals surface area contributed by atoms with Crippen LogP contribution in [0, 0.1) is 0 Å². The second-order valence-corrected chi connectivity index (χ2v) is 5.00. The quantitative estimate of drug-likeness (QED) is 0.830. The van der Waals surface area contributed by atoms with Gasteiger partial charge in [0.25, 0.3) is 0 Å². The summed E-state index contributed by atoms with van der Waals surface area (Å²) in [5.41, 5.74) is 8.61. The molecule has 0 aliphatic heterocycles. The third-order valence-electron chi connectivity index (χ3n) is 2.46. The lowest BCUT2D eigenvalue weighted by Gasteiger charge is -2.10. The average molecular weight is 312 g/mol. The van der Waals surface area contributed by atoms with Gasteiger partial charge in [0.1, 0.15) is 0 Å². The fourth-order valence-electron chi connectivity index (χ4n) is 1.52. The molecule has 0 saturated carbocycles. The van der Waals surface area contributed by atoms with Crippen molar-refractivity contribution in [3.63, 3.8) is 0 Å². The van der Waals surface area contributed by atoms with Crippen LogP contribution in [-0.2, 0) is 6.54 Å². The lowest BCUT2D eigenvalue weighted by Crippen LogP contribution is -2.02. The average Bonchev–Trinajstić information content (AvgIpc) is 2.30. The first-order valence-corrected chi connectivity index (χ1v) is 6.36. The van der Waals surface area contributed by atoms with Gasteiger partial charge in [-0.2, -0.15) is 0 Å². The topological polar surface area (TPSA) is 38.0 Å². The van der Waals surface area contributed by atoms with Crippen LogP contribution in [0.3, 0.4) is 0 Å². The van der Waals surface area contributed by atoms with Crippen LogP contribution in [0.2, 0.25) is 5.02 Å². The highest BCUT2D eigenvalue weighted by molar-refractivity contribution is 9.10. The standard InChI is InChI=1S/C13H12BrClN2/c14-10-5-6-13(11(15)7-10)17-8-9-3-1-2-4-12(9)16/h1-7,17H,8,16H2. The van der Waals surface area contributed by atoms with Crippen LogP contribution in [0.1, 0.15) is 5.56 Å². The molecule has 4 heteroatoms. The number of hydrogen-bond acceptors (Lipinski definition) is 2. The smallest absolute Gasteiger partial charge is 0.0648 e. The third kappa shape index (κ3) is 3.14. The Hall–Kier alpha value is -1.19. The molecule has 0 radical (unpaired) electrons. The molecule has 2 rings (SSSR count). The highest BCUT2D eigenvalue weighted by atomic mass is 79.9. The van der Waals surface area contributed by atoms with Crippen molar-refractivity contribution >= 4 is 38.9 Å². The van der Waals surface area contributed by atoms with Crippen LogP contribution in [-0.4, -0.2) is 0 Å². The zero-order chi connectivity index (χ0) is 12.3. The normalized spacial score (nSPS) is 10.2. The van der Waals surface area contributed by atoms with Gasteiger partial charge in [0.15, 0.2) is 0 Å². The van der Waals surface area contributed by atoms with E-state index in [2.05, 4.69) is 21.2 Å². The Bertz CT molecular complexity index is 529. The van der Waals surface area contributed by atoms with Crippen LogP contribution in [0.25, 0.3) is 0 Å². The largest absolute Gasteiger partial charge is 0.398 e. The lowest BCUT2D eigenvalue weighted by molar-refractivity contribution is 1.15. The molecule has 0 heterocycles. The Labute approximate surface area is 114 Å². The Balaban J connectivity index is 2.10. The van der Waals surface area contributed by atoms with Crippen LogP contribution >= 0.6 is 27.5 Å². The molecule has 0 saturated heterocycles. The molecule has 0 amide bonds. The molecule has 2 aromatic rings. The van der Waals surface area contributed by atoms with Gasteiger partial charge in [-0.3, -0.25) is 0 Å². The number of anilines is 2. The van der Waals surface area contributed by atoms with Gasteiger partial charge in [-0.15, -0.1) is 0 Å². The summed E-state index contributed by atoms with van der Waals surface area (Å²) in [7, 11) is 0. The molecule has 2 nitrogen and oxygen atoms in total. The van der Waals surface area contributed by atoms with E-state index in [1.165, 1.54) is 0 Å². The molecule has 0 aromatic heterocycles. The van der Waals surface area contributed by atoms with E-state index in [-0.39, 0.29) is 0 Å². The van der Waals surface area contributed by atoms with Gasteiger partial charge in [-0.25, -0.2) is 0 Å².